The van der Waals surface area contributed by atoms with E-state index < -0.39 is 0 Å². The zero-order valence-corrected chi connectivity index (χ0v) is 25.4. The van der Waals surface area contributed by atoms with Gasteiger partial charge in [0.1, 0.15) is 17.4 Å². The lowest BCUT2D eigenvalue weighted by molar-refractivity contribution is 0.291. The van der Waals surface area contributed by atoms with Crippen LogP contribution in [-0.2, 0) is 19.7 Å². The van der Waals surface area contributed by atoms with E-state index in [4.69, 9.17) is 19.9 Å². The van der Waals surface area contributed by atoms with Gasteiger partial charge in [0.2, 0.25) is 0 Å². The van der Waals surface area contributed by atoms with Crippen molar-refractivity contribution in [1.82, 2.24) is 15.6 Å². The summed E-state index contributed by atoms with van der Waals surface area (Å²) in [5.41, 5.74) is 11.6. The molecule has 0 saturated carbocycles. The number of benzene rings is 4. The van der Waals surface area contributed by atoms with Crippen LogP contribution >= 0.6 is 11.3 Å². The van der Waals surface area contributed by atoms with Gasteiger partial charge in [-0.25, -0.2) is 4.98 Å². The van der Waals surface area contributed by atoms with Crippen molar-refractivity contribution in [3.63, 3.8) is 0 Å². The summed E-state index contributed by atoms with van der Waals surface area (Å²) in [7, 11) is 0. The number of aromatic nitrogens is 1. The van der Waals surface area contributed by atoms with Gasteiger partial charge in [0.15, 0.2) is 0 Å². The second-order valence-corrected chi connectivity index (χ2v) is 11.6. The van der Waals surface area contributed by atoms with Crippen molar-refractivity contribution in [2.24, 2.45) is 0 Å². The SMILES string of the molecule is Cc1cc(CNCCO)ccc1OCc1cccc(-c2cccc(-c3nc4cc(CNCCO)ccc4s3)c2C)c1C. The molecule has 4 N–H and O–H groups in total. The lowest BCUT2D eigenvalue weighted by Crippen LogP contribution is -2.17. The average Bonchev–Trinajstić information content (AvgIpc) is 3.41. The van der Waals surface area contributed by atoms with Crippen molar-refractivity contribution in [3.8, 4) is 27.4 Å². The van der Waals surface area contributed by atoms with Crippen LogP contribution in [0.25, 0.3) is 31.9 Å². The molecule has 0 bridgehead atoms. The van der Waals surface area contributed by atoms with Crippen LogP contribution in [0, 0.1) is 20.8 Å². The number of nitrogens with one attached hydrogen (secondary N) is 2. The number of fused-ring (bicyclic) bond motifs is 1. The molecule has 0 radical (unpaired) electrons. The van der Waals surface area contributed by atoms with Gasteiger partial charge in [-0.2, -0.15) is 0 Å². The molecule has 5 aromatic rings. The molecular weight excluding hydrogens is 542 g/mol. The highest BCUT2D eigenvalue weighted by atomic mass is 32.1. The highest BCUT2D eigenvalue weighted by molar-refractivity contribution is 7.21. The Morgan fingerprint density at radius 2 is 1.38 bits per heavy atom. The minimum atomic E-state index is 0.132. The summed E-state index contributed by atoms with van der Waals surface area (Å²) in [5.74, 6) is 0.882. The predicted molar refractivity (Wildman–Crippen MR) is 173 cm³/mol. The molecule has 6 nitrogen and oxygen atoms in total. The maximum Gasteiger partial charge on any atom is 0.124 e. The fourth-order valence-corrected chi connectivity index (χ4v) is 6.28. The van der Waals surface area contributed by atoms with Crippen molar-refractivity contribution in [2.45, 2.75) is 40.5 Å². The van der Waals surface area contributed by atoms with Crippen LogP contribution in [0.5, 0.6) is 5.75 Å². The Morgan fingerprint density at radius 1 is 0.738 bits per heavy atom. The summed E-state index contributed by atoms with van der Waals surface area (Å²) in [5, 5.41) is 25.5. The van der Waals surface area contributed by atoms with Crippen molar-refractivity contribution in [2.75, 3.05) is 26.3 Å². The van der Waals surface area contributed by atoms with Crippen molar-refractivity contribution in [1.29, 1.82) is 0 Å². The van der Waals surface area contributed by atoms with E-state index in [9.17, 15) is 0 Å². The van der Waals surface area contributed by atoms with Gasteiger partial charge in [-0.3, -0.25) is 0 Å². The lowest BCUT2D eigenvalue weighted by atomic mass is 9.91. The van der Waals surface area contributed by atoms with Crippen LogP contribution in [0.1, 0.15) is 33.4 Å². The molecule has 0 spiro atoms. The molecule has 4 aromatic carbocycles. The van der Waals surface area contributed by atoms with Gasteiger partial charge in [-0.1, -0.05) is 54.6 Å². The number of hydrogen-bond donors (Lipinski definition) is 4. The Labute approximate surface area is 252 Å². The van der Waals surface area contributed by atoms with E-state index in [-0.39, 0.29) is 13.2 Å². The maximum atomic E-state index is 9.04. The van der Waals surface area contributed by atoms with E-state index >= 15 is 0 Å². The minimum Gasteiger partial charge on any atom is -0.489 e. The molecule has 0 aliphatic rings. The molecule has 5 rings (SSSR count). The number of thiazole rings is 1. The summed E-state index contributed by atoms with van der Waals surface area (Å²) in [6, 6.07) is 25.6. The standard InChI is InChI=1S/C35H39N3O3S/c1-23-18-26(20-36-14-16-39)10-12-33(23)41-22-28-6-4-7-29(24(28)2)30-8-5-9-31(25(30)3)35-38-32-19-27(21-37-15-17-40)11-13-34(32)42-35/h4-13,18-19,36-37,39-40H,14-17,20-22H2,1-3H3. The van der Waals surface area contributed by atoms with Gasteiger partial charge in [-0.15, -0.1) is 11.3 Å². The van der Waals surface area contributed by atoms with Crippen LogP contribution in [0.15, 0.2) is 72.8 Å². The fourth-order valence-electron chi connectivity index (χ4n) is 5.25. The largest absolute Gasteiger partial charge is 0.489 e. The Bertz CT molecular complexity index is 1660. The number of nitrogens with zero attached hydrogens (tertiary/aromatic N) is 1. The van der Waals surface area contributed by atoms with E-state index in [0.717, 1.165) is 45.1 Å². The number of aliphatic hydroxyl groups is 2. The molecule has 0 atom stereocenters. The van der Waals surface area contributed by atoms with Crippen molar-refractivity contribution >= 4 is 21.6 Å². The Morgan fingerprint density at radius 3 is 2.10 bits per heavy atom. The van der Waals surface area contributed by atoms with Gasteiger partial charge in [0.25, 0.3) is 0 Å². The monoisotopic (exact) mass is 581 g/mol. The molecule has 0 amide bonds. The van der Waals surface area contributed by atoms with Gasteiger partial charge in [-0.05, 0) is 83.5 Å². The number of aliphatic hydroxyl groups excluding tert-OH is 2. The molecule has 7 heteroatoms. The topological polar surface area (TPSA) is 86.6 Å². The molecule has 0 saturated heterocycles. The first-order chi connectivity index (χ1) is 20.5. The summed E-state index contributed by atoms with van der Waals surface area (Å²) in [4.78, 5) is 5.01. The molecule has 1 aromatic heterocycles. The summed E-state index contributed by atoms with van der Waals surface area (Å²) in [6.45, 7) is 9.79. The number of hydrogen-bond acceptors (Lipinski definition) is 7. The zero-order valence-electron chi connectivity index (χ0n) is 24.5. The summed E-state index contributed by atoms with van der Waals surface area (Å²) in [6.07, 6.45) is 0. The summed E-state index contributed by atoms with van der Waals surface area (Å²) >= 11 is 1.72. The Kier molecular flexibility index (Phi) is 10.00. The molecular formula is C35H39N3O3S. The summed E-state index contributed by atoms with van der Waals surface area (Å²) < 4.78 is 7.45. The van der Waals surface area contributed by atoms with Gasteiger partial charge in [0, 0.05) is 31.7 Å². The number of rotatable bonds is 13. The van der Waals surface area contributed by atoms with Crippen molar-refractivity contribution in [3.05, 3.63) is 106 Å². The van der Waals surface area contributed by atoms with Gasteiger partial charge in [0.05, 0.1) is 23.4 Å². The zero-order chi connectivity index (χ0) is 29.5. The van der Waals surface area contributed by atoms with E-state index in [1.165, 1.54) is 32.5 Å². The predicted octanol–water partition coefficient (Wildman–Crippen LogP) is 6.30. The van der Waals surface area contributed by atoms with Gasteiger partial charge >= 0.3 is 0 Å². The maximum absolute atomic E-state index is 9.04. The number of ether oxygens (including phenoxy) is 1. The highest BCUT2D eigenvalue weighted by Gasteiger charge is 2.15. The normalized spacial score (nSPS) is 11.4. The molecule has 0 unspecified atom stereocenters. The first kappa shape index (κ1) is 29.9. The van der Waals surface area contributed by atoms with Crippen LogP contribution in [-0.4, -0.2) is 41.5 Å². The van der Waals surface area contributed by atoms with Crippen LogP contribution in [0.3, 0.4) is 0 Å². The lowest BCUT2D eigenvalue weighted by Gasteiger charge is -2.16. The number of aryl methyl sites for hydroxylation is 1. The molecule has 0 aliphatic carbocycles. The van der Waals surface area contributed by atoms with Gasteiger partial charge < -0.3 is 25.6 Å². The fraction of sp³-hybridized carbons (Fsp3) is 0.286. The first-order valence-corrected chi connectivity index (χ1v) is 15.2. The molecule has 42 heavy (non-hydrogen) atoms. The molecule has 0 fully saturated rings. The van der Waals surface area contributed by atoms with Crippen LogP contribution in [0.2, 0.25) is 0 Å². The van der Waals surface area contributed by atoms with E-state index in [0.29, 0.717) is 26.2 Å². The smallest absolute Gasteiger partial charge is 0.124 e. The Balaban J connectivity index is 1.36. The minimum absolute atomic E-state index is 0.132. The van der Waals surface area contributed by atoms with Crippen molar-refractivity contribution < 1.29 is 14.9 Å². The van der Waals surface area contributed by atoms with Crippen LogP contribution in [0.4, 0.5) is 0 Å². The van der Waals surface area contributed by atoms with E-state index in [1.54, 1.807) is 11.3 Å². The second kappa shape index (κ2) is 14.1. The molecule has 218 valence electrons. The quantitative estimate of drug-likeness (QED) is 0.122. The average molecular weight is 582 g/mol. The molecule has 0 aliphatic heterocycles. The van der Waals surface area contributed by atoms with E-state index in [2.05, 4.69) is 98.1 Å². The molecule has 1 heterocycles. The first-order valence-electron chi connectivity index (χ1n) is 14.4. The third kappa shape index (κ3) is 6.89. The Hall–Kier alpha value is -3.59. The van der Waals surface area contributed by atoms with E-state index in [1.807, 2.05) is 6.07 Å². The highest BCUT2D eigenvalue weighted by Crippen LogP contribution is 2.37. The second-order valence-electron chi connectivity index (χ2n) is 10.6. The third-order valence-electron chi connectivity index (χ3n) is 7.61. The third-order valence-corrected chi connectivity index (χ3v) is 8.68. The van der Waals surface area contributed by atoms with Crippen LogP contribution < -0.4 is 15.4 Å².